The summed E-state index contributed by atoms with van der Waals surface area (Å²) in [5.41, 5.74) is 3.99. The summed E-state index contributed by atoms with van der Waals surface area (Å²) in [4.78, 5) is 57.9. The van der Waals surface area contributed by atoms with Gasteiger partial charge in [0.25, 0.3) is 0 Å². The quantitative estimate of drug-likeness (QED) is 0.318. The number of hydrogen-bond acceptors (Lipinski definition) is 8. The predicted octanol–water partition coefficient (Wildman–Crippen LogP) is 2.74. The minimum absolute atomic E-state index is 0.0332. The number of carbonyl (C=O) groups is 4. The molecule has 212 valence electrons. The molecule has 11 heteroatoms. The van der Waals surface area contributed by atoms with E-state index in [0.717, 1.165) is 21.7 Å². The summed E-state index contributed by atoms with van der Waals surface area (Å²) in [6.45, 7) is 10.9. The number of amides is 3. The second-order valence-electron chi connectivity index (χ2n) is 10.9. The van der Waals surface area contributed by atoms with Crippen LogP contribution in [0.25, 0.3) is 10.4 Å². The number of likely N-dealkylation sites (tertiary alicyclic amines) is 1. The van der Waals surface area contributed by atoms with E-state index < -0.39 is 47.8 Å². The Morgan fingerprint density at radius 1 is 1.18 bits per heavy atom. The number of aliphatic hydroxyl groups is 1. The van der Waals surface area contributed by atoms with Crippen LogP contribution in [0.4, 0.5) is 0 Å². The normalized spacial score (nSPS) is 18.8. The third-order valence-corrected chi connectivity index (χ3v) is 7.65. The van der Waals surface area contributed by atoms with Crippen LogP contribution in [0.2, 0.25) is 0 Å². The third kappa shape index (κ3) is 7.63. The van der Waals surface area contributed by atoms with Gasteiger partial charge in [-0.25, -0.2) is 4.98 Å². The molecule has 1 aliphatic rings. The highest BCUT2D eigenvalue weighted by molar-refractivity contribution is 7.13. The number of carbonyl (C=O) groups excluding carboxylic acids is 4. The Balaban J connectivity index is 1.71. The molecule has 1 saturated heterocycles. The highest BCUT2D eigenvalue weighted by Crippen LogP contribution is 2.29. The van der Waals surface area contributed by atoms with Crippen LogP contribution in [0.3, 0.4) is 0 Å². The van der Waals surface area contributed by atoms with Gasteiger partial charge in [-0.1, -0.05) is 45.0 Å². The molecule has 1 fully saturated rings. The first kappa shape index (κ1) is 30.2. The molecule has 2 heterocycles. The Hall–Kier alpha value is -3.31. The zero-order valence-corrected chi connectivity index (χ0v) is 24.1. The van der Waals surface area contributed by atoms with Crippen molar-refractivity contribution in [3.63, 3.8) is 0 Å². The number of nitrogens with zero attached hydrogens (tertiary/aromatic N) is 2. The van der Waals surface area contributed by atoms with Gasteiger partial charge in [-0.2, -0.15) is 0 Å². The maximum Gasteiger partial charge on any atom is 0.315 e. The van der Waals surface area contributed by atoms with Crippen LogP contribution in [0, 0.1) is 12.3 Å². The molecule has 4 atom stereocenters. The average molecular weight is 559 g/mol. The van der Waals surface area contributed by atoms with Crippen LogP contribution in [0.1, 0.15) is 64.8 Å². The van der Waals surface area contributed by atoms with Gasteiger partial charge in [0.1, 0.15) is 18.5 Å². The molecule has 3 amide bonds. The molecule has 0 unspecified atom stereocenters. The summed E-state index contributed by atoms with van der Waals surface area (Å²) in [5, 5.41) is 16.0. The SMILES string of the molecule is CCOC(=O)CC(=O)N[C@H](C(=O)N1C[C@@H](O)C[C@H]1C(=O)N[C@@H](C)c1ccc(-c2scnc2C)cc1)C(C)(C)C. The summed E-state index contributed by atoms with van der Waals surface area (Å²) >= 11 is 1.57. The molecule has 0 bridgehead atoms. The van der Waals surface area contributed by atoms with Gasteiger partial charge in [-0.15, -0.1) is 11.3 Å². The Bertz CT molecular complexity index is 1190. The van der Waals surface area contributed by atoms with Crippen molar-refractivity contribution in [1.82, 2.24) is 20.5 Å². The van der Waals surface area contributed by atoms with E-state index in [1.807, 2.05) is 38.1 Å². The molecule has 0 aliphatic carbocycles. The number of aromatic nitrogens is 1. The number of rotatable bonds is 9. The van der Waals surface area contributed by atoms with Crippen molar-refractivity contribution in [1.29, 1.82) is 0 Å². The van der Waals surface area contributed by atoms with Crippen LogP contribution in [-0.4, -0.2) is 70.0 Å². The zero-order valence-electron chi connectivity index (χ0n) is 23.3. The second kappa shape index (κ2) is 12.7. The first-order valence-electron chi connectivity index (χ1n) is 13.1. The first-order chi connectivity index (χ1) is 18.3. The molecule has 1 aliphatic heterocycles. The van der Waals surface area contributed by atoms with Gasteiger partial charge in [-0.3, -0.25) is 19.2 Å². The summed E-state index contributed by atoms with van der Waals surface area (Å²) in [6, 6.07) is 5.61. The zero-order chi connectivity index (χ0) is 28.9. The van der Waals surface area contributed by atoms with E-state index in [0.29, 0.717) is 0 Å². The van der Waals surface area contributed by atoms with Crippen LogP contribution < -0.4 is 10.6 Å². The standard InChI is InChI=1S/C28H38N4O6S/c1-7-38-23(35)13-22(34)31-25(28(4,5)6)27(37)32-14-20(33)12-21(32)26(36)30-16(2)18-8-10-19(11-9-18)24-17(3)29-15-39-24/h8-11,15-16,20-21,25,33H,7,12-14H2,1-6H3,(H,30,36)(H,31,34)/t16-,20-,21-,25+/m0/s1. The van der Waals surface area contributed by atoms with Gasteiger partial charge in [0.2, 0.25) is 17.7 Å². The number of nitrogens with one attached hydrogen (secondary N) is 2. The second-order valence-corrected chi connectivity index (χ2v) is 11.7. The largest absolute Gasteiger partial charge is 0.466 e. The maximum absolute atomic E-state index is 13.6. The van der Waals surface area contributed by atoms with Gasteiger partial charge in [0.05, 0.1) is 34.8 Å². The number of benzene rings is 1. The number of esters is 1. The Labute approximate surface area is 233 Å². The van der Waals surface area contributed by atoms with Crippen molar-refractivity contribution in [2.24, 2.45) is 5.41 Å². The highest BCUT2D eigenvalue weighted by atomic mass is 32.1. The molecule has 39 heavy (non-hydrogen) atoms. The van der Waals surface area contributed by atoms with Crippen molar-refractivity contribution in [2.75, 3.05) is 13.2 Å². The molecule has 3 N–H and O–H groups in total. The molecule has 1 aromatic carbocycles. The summed E-state index contributed by atoms with van der Waals surface area (Å²) in [7, 11) is 0. The minimum Gasteiger partial charge on any atom is -0.466 e. The number of ether oxygens (including phenoxy) is 1. The number of thiazole rings is 1. The number of β-amino-alcohol motifs (C(OH)–C–C–N with tert-alkyl or cyclic N) is 1. The van der Waals surface area contributed by atoms with Crippen molar-refractivity contribution in [3.05, 3.63) is 41.0 Å². The van der Waals surface area contributed by atoms with Gasteiger partial charge < -0.3 is 25.4 Å². The van der Waals surface area contributed by atoms with E-state index in [-0.39, 0.29) is 31.5 Å². The van der Waals surface area contributed by atoms with Gasteiger partial charge >= 0.3 is 5.97 Å². The van der Waals surface area contributed by atoms with Crippen LogP contribution >= 0.6 is 11.3 Å². The molecule has 1 aromatic heterocycles. The van der Waals surface area contributed by atoms with Gasteiger partial charge in [-0.05, 0) is 37.3 Å². The monoisotopic (exact) mass is 558 g/mol. The van der Waals surface area contributed by atoms with E-state index in [9.17, 15) is 24.3 Å². The molecule has 2 aromatic rings. The van der Waals surface area contributed by atoms with Crippen molar-refractivity contribution in [2.45, 2.75) is 78.6 Å². The molecule has 3 rings (SSSR count). The van der Waals surface area contributed by atoms with Crippen molar-refractivity contribution in [3.8, 4) is 10.4 Å². The van der Waals surface area contributed by atoms with E-state index in [2.05, 4.69) is 15.6 Å². The van der Waals surface area contributed by atoms with Crippen LogP contribution in [0.5, 0.6) is 0 Å². The summed E-state index contributed by atoms with van der Waals surface area (Å²) in [5.74, 6) is -2.21. The fourth-order valence-electron chi connectivity index (χ4n) is 4.57. The fourth-order valence-corrected chi connectivity index (χ4v) is 5.38. The summed E-state index contributed by atoms with van der Waals surface area (Å²) < 4.78 is 4.82. The van der Waals surface area contributed by atoms with Crippen molar-refractivity contribution < 1.29 is 29.0 Å². The summed E-state index contributed by atoms with van der Waals surface area (Å²) in [6.07, 6.45) is -1.31. The lowest BCUT2D eigenvalue weighted by Gasteiger charge is -2.35. The first-order valence-corrected chi connectivity index (χ1v) is 13.9. The Kier molecular flexibility index (Phi) is 9.84. The molecule has 0 radical (unpaired) electrons. The van der Waals surface area contributed by atoms with E-state index >= 15 is 0 Å². The molecular weight excluding hydrogens is 520 g/mol. The lowest BCUT2D eigenvalue weighted by atomic mass is 9.85. The molecular formula is C28H38N4O6S. The molecule has 0 saturated carbocycles. The minimum atomic E-state index is -1.01. The number of aryl methyl sites for hydroxylation is 1. The third-order valence-electron chi connectivity index (χ3n) is 6.67. The Morgan fingerprint density at radius 3 is 2.41 bits per heavy atom. The lowest BCUT2D eigenvalue weighted by molar-refractivity contribution is -0.148. The van der Waals surface area contributed by atoms with E-state index in [1.165, 1.54) is 4.90 Å². The van der Waals surface area contributed by atoms with Gasteiger partial charge in [0, 0.05) is 13.0 Å². The predicted molar refractivity (Wildman–Crippen MR) is 148 cm³/mol. The van der Waals surface area contributed by atoms with E-state index in [1.54, 1.807) is 44.5 Å². The van der Waals surface area contributed by atoms with Crippen LogP contribution in [0.15, 0.2) is 29.8 Å². The van der Waals surface area contributed by atoms with Crippen molar-refractivity contribution >= 4 is 35.0 Å². The number of hydrogen-bond donors (Lipinski definition) is 3. The molecule has 10 nitrogen and oxygen atoms in total. The van der Waals surface area contributed by atoms with Gasteiger partial charge in [0.15, 0.2) is 0 Å². The smallest absolute Gasteiger partial charge is 0.315 e. The maximum atomic E-state index is 13.6. The van der Waals surface area contributed by atoms with E-state index in [4.69, 9.17) is 4.74 Å². The van der Waals surface area contributed by atoms with Crippen LogP contribution in [-0.2, 0) is 23.9 Å². The lowest BCUT2D eigenvalue weighted by Crippen LogP contribution is -2.58. The number of aliphatic hydroxyl groups excluding tert-OH is 1. The highest BCUT2D eigenvalue weighted by Gasteiger charge is 2.44. The molecule has 0 spiro atoms. The topological polar surface area (TPSA) is 138 Å². The Morgan fingerprint density at radius 2 is 1.85 bits per heavy atom. The fraction of sp³-hybridized carbons (Fsp3) is 0.536. The average Bonchev–Trinajstić information content (AvgIpc) is 3.47.